The number of para-hydroxylation sites is 1. The van der Waals surface area contributed by atoms with Crippen LogP contribution in [0.2, 0.25) is 0 Å². The number of fused-ring (bicyclic) bond motifs is 1. The number of rotatable bonds is 5. The lowest BCUT2D eigenvalue weighted by molar-refractivity contribution is 0.280. The Bertz CT molecular complexity index is 1320. The largest absolute Gasteiger partial charge is 0.472 e. The number of aromatic nitrogens is 7. The van der Waals surface area contributed by atoms with Gasteiger partial charge in [0.2, 0.25) is 5.88 Å². The molecule has 11 heteroatoms. The molecule has 30 heavy (non-hydrogen) atoms. The summed E-state index contributed by atoms with van der Waals surface area (Å²) in [7, 11) is 1.74. The minimum atomic E-state index is -0.788. The van der Waals surface area contributed by atoms with Gasteiger partial charge in [-0.05, 0) is 24.3 Å². The van der Waals surface area contributed by atoms with E-state index in [0.29, 0.717) is 22.5 Å². The van der Waals surface area contributed by atoms with Gasteiger partial charge in [0.15, 0.2) is 23.1 Å². The van der Waals surface area contributed by atoms with Crippen molar-refractivity contribution in [1.29, 1.82) is 0 Å². The summed E-state index contributed by atoms with van der Waals surface area (Å²) < 4.78 is 42.2. The highest BCUT2D eigenvalue weighted by Gasteiger charge is 2.20. The molecule has 1 aromatic carbocycles. The first-order valence-corrected chi connectivity index (χ1v) is 8.81. The first kappa shape index (κ1) is 17.9. The van der Waals surface area contributed by atoms with Crippen LogP contribution in [-0.2, 0) is 13.7 Å². The lowest BCUT2D eigenvalue weighted by Gasteiger charge is -2.10. The maximum absolute atomic E-state index is 14.3. The molecule has 4 heterocycles. The fraction of sp³-hybridized carbons (Fsp3) is 0.105. The quantitative estimate of drug-likeness (QED) is 0.440. The topological polar surface area (TPSA) is 96.7 Å². The highest BCUT2D eigenvalue weighted by molar-refractivity contribution is 5.82. The van der Waals surface area contributed by atoms with Crippen LogP contribution in [0.25, 0.3) is 28.0 Å². The van der Waals surface area contributed by atoms with E-state index < -0.39 is 11.6 Å². The van der Waals surface area contributed by atoms with Crippen molar-refractivity contribution in [2.45, 2.75) is 6.61 Å². The van der Waals surface area contributed by atoms with Gasteiger partial charge in [0.1, 0.15) is 24.1 Å². The van der Waals surface area contributed by atoms with Crippen LogP contribution in [0, 0.1) is 11.6 Å². The van der Waals surface area contributed by atoms with Crippen molar-refractivity contribution >= 4 is 11.2 Å². The minimum absolute atomic E-state index is 0.0789. The molecule has 9 nitrogen and oxygen atoms in total. The Morgan fingerprint density at radius 1 is 1.17 bits per heavy atom. The number of benzene rings is 1. The van der Waals surface area contributed by atoms with E-state index in [1.807, 2.05) is 0 Å². The molecule has 150 valence electrons. The van der Waals surface area contributed by atoms with Gasteiger partial charge >= 0.3 is 0 Å². The summed E-state index contributed by atoms with van der Waals surface area (Å²) in [5.74, 6) is -0.804. The van der Waals surface area contributed by atoms with E-state index in [1.165, 1.54) is 24.9 Å². The molecule has 0 aliphatic heterocycles. The number of hydrogen-bond acceptors (Lipinski definition) is 7. The Morgan fingerprint density at radius 2 is 2.00 bits per heavy atom. The van der Waals surface area contributed by atoms with Crippen LogP contribution in [0.5, 0.6) is 5.88 Å². The fourth-order valence-corrected chi connectivity index (χ4v) is 3.00. The zero-order chi connectivity index (χ0) is 20.7. The molecule has 0 aliphatic rings. The number of halogens is 2. The number of nitrogens with zero attached hydrogens (tertiary/aromatic N) is 7. The summed E-state index contributed by atoms with van der Waals surface area (Å²) in [5, 5.41) is 11.9. The summed E-state index contributed by atoms with van der Waals surface area (Å²) >= 11 is 0. The molecule has 5 rings (SSSR count). The van der Waals surface area contributed by atoms with Gasteiger partial charge in [-0.2, -0.15) is 14.8 Å². The molecule has 5 aromatic rings. The molecule has 0 saturated carbocycles. The molecule has 0 fully saturated rings. The second-order valence-electron chi connectivity index (χ2n) is 6.36. The first-order chi connectivity index (χ1) is 14.6. The van der Waals surface area contributed by atoms with Crippen LogP contribution in [0.15, 0.2) is 53.6 Å². The Kier molecular flexibility index (Phi) is 4.20. The number of ether oxygens (including phenoxy) is 1. The summed E-state index contributed by atoms with van der Waals surface area (Å²) in [5.41, 5.74) is 1.38. The lowest BCUT2D eigenvalue weighted by Crippen LogP contribution is -2.07. The number of pyridine rings is 1. The van der Waals surface area contributed by atoms with Crippen molar-refractivity contribution in [2.75, 3.05) is 0 Å². The molecule has 4 aromatic heterocycles. The van der Waals surface area contributed by atoms with Gasteiger partial charge in [0, 0.05) is 18.2 Å². The van der Waals surface area contributed by atoms with Crippen molar-refractivity contribution in [3.8, 4) is 22.7 Å². The zero-order valence-electron chi connectivity index (χ0n) is 15.5. The normalized spacial score (nSPS) is 11.3. The predicted octanol–water partition coefficient (Wildman–Crippen LogP) is 3.06. The Balaban J connectivity index is 1.66. The summed E-state index contributed by atoms with van der Waals surface area (Å²) in [6, 6.07) is 6.95. The molecular formula is C19H13F2N7O2. The van der Waals surface area contributed by atoms with E-state index in [1.54, 1.807) is 23.9 Å². The Hall–Kier alpha value is -4.15. The van der Waals surface area contributed by atoms with Crippen molar-refractivity contribution in [1.82, 2.24) is 34.7 Å². The summed E-state index contributed by atoms with van der Waals surface area (Å²) in [6.07, 6.45) is 4.45. The molecule has 0 N–H and O–H groups in total. The van der Waals surface area contributed by atoms with Gasteiger partial charge in [-0.1, -0.05) is 11.3 Å². The van der Waals surface area contributed by atoms with Crippen LogP contribution < -0.4 is 4.74 Å². The van der Waals surface area contributed by atoms with Gasteiger partial charge in [-0.15, -0.1) is 5.10 Å². The predicted molar refractivity (Wildman–Crippen MR) is 99.6 cm³/mol. The summed E-state index contributed by atoms with van der Waals surface area (Å²) in [4.78, 5) is 8.58. The zero-order valence-corrected chi connectivity index (χ0v) is 15.5. The number of aryl methyl sites for hydroxylation is 1. The smallest absolute Gasteiger partial charge is 0.224 e. The molecule has 0 radical (unpaired) electrons. The van der Waals surface area contributed by atoms with Gasteiger partial charge in [0.05, 0.1) is 12.5 Å². The highest BCUT2D eigenvalue weighted by atomic mass is 19.1. The Morgan fingerprint density at radius 3 is 2.70 bits per heavy atom. The molecule has 0 aliphatic carbocycles. The van der Waals surface area contributed by atoms with E-state index in [9.17, 15) is 8.78 Å². The first-order valence-electron chi connectivity index (χ1n) is 8.81. The van der Waals surface area contributed by atoms with Gasteiger partial charge in [-0.25, -0.2) is 13.8 Å². The Labute approximate surface area is 167 Å². The third kappa shape index (κ3) is 2.96. The molecule has 0 spiro atoms. The van der Waals surface area contributed by atoms with Crippen molar-refractivity contribution < 1.29 is 17.9 Å². The second-order valence-corrected chi connectivity index (χ2v) is 6.36. The van der Waals surface area contributed by atoms with E-state index in [4.69, 9.17) is 9.15 Å². The van der Waals surface area contributed by atoms with E-state index >= 15 is 0 Å². The average molecular weight is 409 g/mol. The fourth-order valence-electron chi connectivity index (χ4n) is 3.00. The van der Waals surface area contributed by atoms with Crippen molar-refractivity contribution in [3.63, 3.8) is 0 Å². The molecule has 0 unspecified atom stereocenters. The number of hydrogen-bond donors (Lipinski definition) is 0. The molecular weight excluding hydrogens is 396 g/mol. The highest BCUT2D eigenvalue weighted by Crippen LogP contribution is 2.33. The van der Waals surface area contributed by atoms with E-state index in [0.717, 1.165) is 16.8 Å². The van der Waals surface area contributed by atoms with Gasteiger partial charge < -0.3 is 9.15 Å². The molecule has 0 amide bonds. The second kappa shape index (κ2) is 7.03. The third-order valence-corrected chi connectivity index (χ3v) is 4.52. The van der Waals surface area contributed by atoms with Crippen LogP contribution in [0.4, 0.5) is 8.78 Å². The van der Waals surface area contributed by atoms with Crippen LogP contribution in [-0.4, -0.2) is 34.7 Å². The van der Waals surface area contributed by atoms with Crippen molar-refractivity contribution in [3.05, 3.63) is 66.6 Å². The third-order valence-electron chi connectivity index (χ3n) is 4.52. The molecule has 0 saturated heterocycles. The molecule has 0 bridgehead atoms. The monoisotopic (exact) mass is 409 g/mol. The summed E-state index contributed by atoms with van der Waals surface area (Å²) in [6.45, 7) is 0.0789. The van der Waals surface area contributed by atoms with Crippen LogP contribution in [0.3, 0.4) is 0 Å². The maximum atomic E-state index is 14.3. The van der Waals surface area contributed by atoms with E-state index in [-0.39, 0.29) is 23.8 Å². The van der Waals surface area contributed by atoms with Crippen molar-refractivity contribution in [2.24, 2.45) is 7.05 Å². The average Bonchev–Trinajstić information content (AvgIpc) is 3.47. The SMILES string of the molecule is Cn1ncnc1COc1nc2c(cc1-c1ccoc1)nnn2-c1c(F)cccc1F. The van der Waals surface area contributed by atoms with Gasteiger partial charge in [-0.3, -0.25) is 4.68 Å². The number of furan rings is 1. The maximum Gasteiger partial charge on any atom is 0.224 e. The standard InChI is InChI=1S/C19H13F2N7O2/c1-27-16(22-10-23-27)9-30-19-12(11-5-6-29-8-11)7-15-18(24-19)28(26-25-15)17-13(20)3-2-4-14(17)21/h2-8,10H,9H2,1H3. The van der Waals surface area contributed by atoms with Crippen LogP contribution >= 0.6 is 0 Å². The van der Waals surface area contributed by atoms with Gasteiger partial charge in [0.25, 0.3) is 0 Å². The minimum Gasteiger partial charge on any atom is -0.472 e. The van der Waals surface area contributed by atoms with Crippen LogP contribution in [0.1, 0.15) is 5.82 Å². The molecule has 0 atom stereocenters. The lowest BCUT2D eigenvalue weighted by atomic mass is 10.1. The van der Waals surface area contributed by atoms with E-state index in [2.05, 4.69) is 25.4 Å².